The summed E-state index contributed by atoms with van der Waals surface area (Å²) >= 11 is 4.50. The minimum absolute atomic E-state index is 0.247. The average Bonchev–Trinajstić information content (AvgIpc) is 2.55. The SMILES string of the molecule is O=c1oc2ccccc2c2c1C(c1ccccc1)NC(S)N2. The molecule has 0 spiro atoms. The van der Waals surface area contributed by atoms with Gasteiger partial charge in [-0.1, -0.05) is 42.5 Å². The minimum atomic E-state index is -0.331. The number of anilines is 1. The quantitative estimate of drug-likeness (QED) is 0.477. The van der Waals surface area contributed by atoms with E-state index in [1.165, 1.54) is 0 Å². The minimum Gasteiger partial charge on any atom is -0.422 e. The number of thiol groups is 1. The van der Waals surface area contributed by atoms with E-state index in [2.05, 4.69) is 23.3 Å². The highest BCUT2D eigenvalue weighted by molar-refractivity contribution is 7.81. The van der Waals surface area contributed by atoms with E-state index in [0.29, 0.717) is 11.1 Å². The molecule has 0 fully saturated rings. The van der Waals surface area contributed by atoms with Crippen molar-refractivity contribution < 1.29 is 4.42 Å². The van der Waals surface area contributed by atoms with Crippen molar-refractivity contribution in [3.63, 3.8) is 0 Å². The lowest BCUT2D eigenvalue weighted by molar-refractivity contribution is 0.513. The van der Waals surface area contributed by atoms with Crippen molar-refractivity contribution >= 4 is 29.3 Å². The molecule has 2 aromatic carbocycles. The van der Waals surface area contributed by atoms with Crippen LogP contribution in [0.3, 0.4) is 0 Å². The Labute approximate surface area is 132 Å². The molecule has 1 aliphatic heterocycles. The van der Waals surface area contributed by atoms with Crippen molar-refractivity contribution in [2.45, 2.75) is 11.5 Å². The Morgan fingerprint density at radius 2 is 1.73 bits per heavy atom. The molecule has 0 radical (unpaired) electrons. The van der Waals surface area contributed by atoms with Gasteiger partial charge in [-0.15, -0.1) is 12.6 Å². The molecule has 110 valence electrons. The summed E-state index contributed by atoms with van der Waals surface area (Å²) in [6.45, 7) is 0. The third kappa shape index (κ3) is 2.10. The third-order valence-electron chi connectivity index (χ3n) is 3.88. The predicted molar refractivity (Wildman–Crippen MR) is 90.3 cm³/mol. The molecule has 3 aromatic rings. The van der Waals surface area contributed by atoms with Crippen LogP contribution in [0, 0.1) is 0 Å². The van der Waals surface area contributed by atoms with Gasteiger partial charge in [0.05, 0.1) is 17.3 Å². The molecular weight excluding hydrogens is 296 g/mol. The van der Waals surface area contributed by atoms with Crippen LogP contribution in [0.1, 0.15) is 17.2 Å². The van der Waals surface area contributed by atoms with Crippen LogP contribution in [-0.4, -0.2) is 5.50 Å². The monoisotopic (exact) mass is 310 g/mol. The Balaban J connectivity index is 2.01. The predicted octanol–water partition coefficient (Wildman–Crippen LogP) is 3.11. The van der Waals surface area contributed by atoms with Gasteiger partial charge in [-0.3, -0.25) is 5.32 Å². The first-order valence-electron chi connectivity index (χ1n) is 7.05. The Bertz CT molecular complexity index is 892. The van der Waals surface area contributed by atoms with Gasteiger partial charge in [0.15, 0.2) is 0 Å². The van der Waals surface area contributed by atoms with Crippen molar-refractivity contribution in [1.82, 2.24) is 5.32 Å². The molecule has 0 aliphatic carbocycles. The van der Waals surface area contributed by atoms with Gasteiger partial charge in [0, 0.05) is 5.39 Å². The molecular formula is C17H14N2O2S. The molecule has 4 rings (SSSR count). The van der Waals surface area contributed by atoms with Gasteiger partial charge >= 0.3 is 5.63 Å². The van der Waals surface area contributed by atoms with Crippen LogP contribution in [-0.2, 0) is 0 Å². The van der Waals surface area contributed by atoms with E-state index >= 15 is 0 Å². The summed E-state index contributed by atoms with van der Waals surface area (Å²) in [7, 11) is 0. The maximum Gasteiger partial charge on any atom is 0.343 e. The number of rotatable bonds is 1. The Hall–Kier alpha value is -2.24. The topological polar surface area (TPSA) is 54.3 Å². The fourth-order valence-corrected chi connectivity index (χ4v) is 3.19. The number of hydrogen-bond acceptors (Lipinski definition) is 5. The van der Waals surface area contributed by atoms with Crippen LogP contribution in [0.25, 0.3) is 11.0 Å². The van der Waals surface area contributed by atoms with Crippen molar-refractivity contribution in [2.24, 2.45) is 0 Å². The molecule has 1 aromatic heterocycles. The summed E-state index contributed by atoms with van der Waals surface area (Å²) in [5.41, 5.74) is 2.39. The molecule has 0 amide bonds. The molecule has 1 aliphatic rings. The summed E-state index contributed by atoms with van der Waals surface area (Å²) in [6, 6.07) is 17.1. The molecule has 0 bridgehead atoms. The number of hydrogen-bond donors (Lipinski definition) is 3. The zero-order valence-electron chi connectivity index (χ0n) is 11.6. The highest BCUT2D eigenvalue weighted by Crippen LogP contribution is 2.35. The van der Waals surface area contributed by atoms with Gasteiger partial charge in [-0.05, 0) is 17.7 Å². The highest BCUT2D eigenvalue weighted by Gasteiger charge is 2.30. The molecule has 0 saturated carbocycles. The van der Waals surface area contributed by atoms with Gasteiger partial charge in [0.1, 0.15) is 11.1 Å². The fraction of sp³-hybridized carbons (Fsp3) is 0.118. The van der Waals surface area contributed by atoms with Gasteiger partial charge in [0.25, 0.3) is 0 Å². The normalized spacial score (nSPS) is 20.4. The molecule has 0 saturated heterocycles. The van der Waals surface area contributed by atoms with Gasteiger partial charge < -0.3 is 9.73 Å². The number of benzene rings is 2. The number of fused-ring (bicyclic) bond motifs is 3. The zero-order valence-corrected chi connectivity index (χ0v) is 12.5. The average molecular weight is 310 g/mol. The van der Waals surface area contributed by atoms with Crippen LogP contribution < -0.4 is 16.3 Å². The molecule has 5 heteroatoms. The number of para-hydroxylation sites is 1. The van der Waals surface area contributed by atoms with Crippen molar-refractivity contribution in [2.75, 3.05) is 5.32 Å². The second-order valence-electron chi connectivity index (χ2n) is 5.23. The van der Waals surface area contributed by atoms with E-state index < -0.39 is 0 Å². The second-order valence-corrected chi connectivity index (χ2v) is 5.75. The summed E-state index contributed by atoms with van der Waals surface area (Å²) in [5.74, 6) is 0. The van der Waals surface area contributed by atoms with E-state index in [9.17, 15) is 4.79 Å². The smallest absolute Gasteiger partial charge is 0.343 e. The fourth-order valence-electron chi connectivity index (χ4n) is 2.91. The van der Waals surface area contributed by atoms with Crippen LogP contribution in [0.4, 0.5) is 5.69 Å². The molecule has 4 nitrogen and oxygen atoms in total. The van der Waals surface area contributed by atoms with Crippen LogP contribution >= 0.6 is 12.6 Å². The van der Waals surface area contributed by atoms with E-state index in [1.54, 1.807) is 6.07 Å². The van der Waals surface area contributed by atoms with Crippen LogP contribution in [0.5, 0.6) is 0 Å². The summed E-state index contributed by atoms with van der Waals surface area (Å²) < 4.78 is 5.49. The molecule has 2 unspecified atom stereocenters. The lowest BCUT2D eigenvalue weighted by atomic mass is 9.96. The summed E-state index contributed by atoms with van der Waals surface area (Å²) in [4.78, 5) is 12.5. The lowest BCUT2D eigenvalue weighted by Gasteiger charge is -2.32. The van der Waals surface area contributed by atoms with Crippen molar-refractivity contribution in [3.8, 4) is 0 Å². The van der Waals surface area contributed by atoms with Crippen LogP contribution in [0.2, 0.25) is 0 Å². The first kappa shape index (κ1) is 13.4. The maximum atomic E-state index is 12.5. The molecule has 22 heavy (non-hydrogen) atoms. The largest absolute Gasteiger partial charge is 0.422 e. The summed E-state index contributed by atoms with van der Waals surface area (Å²) in [6.07, 6.45) is 0. The standard InChI is InChI=1S/C17H14N2O2S/c20-16-13-14(10-6-2-1-3-7-10)18-17(22)19-15(13)11-8-4-5-9-12(11)21-16/h1-9,14,17-19,22H. The molecule has 2 atom stereocenters. The molecule has 2 N–H and O–H groups in total. The third-order valence-corrected chi connectivity index (χ3v) is 4.15. The van der Waals surface area contributed by atoms with E-state index in [4.69, 9.17) is 4.42 Å². The first-order chi connectivity index (χ1) is 10.7. The van der Waals surface area contributed by atoms with Crippen LogP contribution in [0.15, 0.2) is 63.8 Å². The second kappa shape index (κ2) is 5.19. The van der Waals surface area contributed by atoms with Crippen molar-refractivity contribution in [3.05, 3.63) is 76.1 Å². The zero-order chi connectivity index (χ0) is 15.1. The summed E-state index contributed by atoms with van der Waals surface area (Å²) in [5, 5.41) is 7.41. The maximum absolute atomic E-state index is 12.5. The van der Waals surface area contributed by atoms with Gasteiger partial charge in [0.2, 0.25) is 0 Å². The van der Waals surface area contributed by atoms with Gasteiger partial charge in [-0.25, -0.2) is 4.79 Å². The van der Waals surface area contributed by atoms with E-state index in [1.807, 2.05) is 48.5 Å². The van der Waals surface area contributed by atoms with Crippen molar-refractivity contribution in [1.29, 1.82) is 0 Å². The Morgan fingerprint density at radius 1 is 1.00 bits per heavy atom. The van der Waals surface area contributed by atoms with E-state index in [-0.39, 0.29) is 17.2 Å². The Kier molecular flexibility index (Phi) is 3.17. The Morgan fingerprint density at radius 3 is 2.55 bits per heavy atom. The molecule has 2 heterocycles. The highest BCUT2D eigenvalue weighted by atomic mass is 32.1. The lowest BCUT2D eigenvalue weighted by Crippen LogP contribution is -2.42. The number of nitrogens with one attached hydrogen (secondary N) is 2. The van der Waals surface area contributed by atoms with Gasteiger partial charge in [-0.2, -0.15) is 0 Å². The first-order valence-corrected chi connectivity index (χ1v) is 7.57. The van der Waals surface area contributed by atoms with E-state index in [0.717, 1.165) is 16.6 Å².